The Labute approximate surface area is 111 Å². The molecule has 0 radical (unpaired) electrons. The van der Waals surface area contributed by atoms with E-state index in [1.54, 1.807) is 12.3 Å². The van der Waals surface area contributed by atoms with Crippen molar-refractivity contribution in [2.24, 2.45) is 5.73 Å². The van der Waals surface area contributed by atoms with Gasteiger partial charge in [0.2, 0.25) is 0 Å². The molecular formula is C11H17N5OS. The number of aromatic nitrogens is 2. The first-order valence-electron chi connectivity index (χ1n) is 5.92. The minimum atomic E-state index is 0.198. The predicted octanol–water partition coefficient (Wildman–Crippen LogP) is -0.775. The third-order valence-corrected chi connectivity index (χ3v) is 3.27. The quantitative estimate of drug-likeness (QED) is 0.693. The van der Waals surface area contributed by atoms with Gasteiger partial charge < -0.3 is 15.7 Å². The monoisotopic (exact) mass is 267 g/mol. The Morgan fingerprint density at radius 3 is 2.72 bits per heavy atom. The van der Waals surface area contributed by atoms with Gasteiger partial charge in [0.25, 0.3) is 0 Å². The highest BCUT2D eigenvalue weighted by Gasteiger charge is 2.20. The molecule has 1 fully saturated rings. The van der Waals surface area contributed by atoms with Gasteiger partial charge in [-0.25, -0.2) is 0 Å². The molecule has 1 aliphatic rings. The summed E-state index contributed by atoms with van der Waals surface area (Å²) in [5, 5.41) is 16.9. The molecule has 0 saturated carbocycles. The van der Waals surface area contributed by atoms with Crippen molar-refractivity contribution in [2.45, 2.75) is 0 Å². The summed E-state index contributed by atoms with van der Waals surface area (Å²) in [5.41, 5.74) is 6.46. The summed E-state index contributed by atoms with van der Waals surface area (Å²) < 4.78 is 0. The molecule has 1 aromatic heterocycles. The maximum atomic E-state index is 8.91. The number of β-amino-alcohol motifs (C(OH)–C–C–N with tert-alkyl or cyclic N) is 1. The summed E-state index contributed by atoms with van der Waals surface area (Å²) in [6, 6.07) is 1.80. The van der Waals surface area contributed by atoms with Gasteiger partial charge >= 0.3 is 0 Å². The molecular weight excluding hydrogens is 250 g/mol. The van der Waals surface area contributed by atoms with Gasteiger partial charge in [0.1, 0.15) is 4.99 Å². The first-order valence-corrected chi connectivity index (χ1v) is 6.33. The summed E-state index contributed by atoms with van der Waals surface area (Å²) in [7, 11) is 0. The minimum absolute atomic E-state index is 0.198. The van der Waals surface area contributed by atoms with Crippen molar-refractivity contribution in [3.63, 3.8) is 0 Å². The van der Waals surface area contributed by atoms with Crippen LogP contribution in [0.4, 0.5) is 5.82 Å². The molecule has 1 saturated heterocycles. The molecule has 2 rings (SSSR count). The van der Waals surface area contributed by atoms with Crippen molar-refractivity contribution in [1.29, 1.82) is 0 Å². The van der Waals surface area contributed by atoms with Crippen LogP contribution in [0.25, 0.3) is 0 Å². The van der Waals surface area contributed by atoms with Crippen LogP contribution >= 0.6 is 12.2 Å². The third kappa shape index (κ3) is 2.92. The molecule has 0 unspecified atom stereocenters. The number of nitrogens with zero attached hydrogens (tertiary/aromatic N) is 4. The van der Waals surface area contributed by atoms with Crippen LogP contribution in [-0.2, 0) is 0 Å². The first kappa shape index (κ1) is 13.1. The lowest BCUT2D eigenvalue weighted by Gasteiger charge is -2.35. The van der Waals surface area contributed by atoms with Crippen LogP contribution in [0.5, 0.6) is 0 Å². The zero-order chi connectivity index (χ0) is 13.0. The number of hydrogen-bond donors (Lipinski definition) is 2. The van der Waals surface area contributed by atoms with Crippen molar-refractivity contribution < 1.29 is 5.11 Å². The summed E-state index contributed by atoms with van der Waals surface area (Å²) in [6.07, 6.45) is 1.60. The molecule has 0 aromatic carbocycles. The number of piperazine rings is 1. The molecule has 18 heavy (non-hydrogen) atoms. The van der Waals surface area contributed by atoms with E-state index in [9.17, 15) is 0 Å². The van der Waals surface area contributed by atoms with Gasteiger partial charge in [0.05, 0.1) is 18.4 Å². The molecule has 2 heterocycles. The zero-order valence-electron chi connectivity index (χ0n) is 10.1. The van der Waals surface area contributed by atoms with Gasteiger partial charge in [-0.2, -0.15) is 5.10 Å². The van der Waals surface area contributed by atoms with Crippen LogP contribution in [0.15, 0.2) is 12.3 Å². The van der Waals surface area contributed by atoms with E-state index >= 15 is 0 Å². The number of aliphatic hydroxyl groups excluding tert-OH is 1. The topological polar surface area (TPSA) is 78.5 Å². The van der Waals surface area contributed by atoms with E-state index in [1.165, 1.54) is 0 Å². The maximum absolute atomic E-state index is 8.91. The lowest BCUT2D eigenvalue weighted by Crippen LogP contribution is -2.48. The number of anilines is 1. The maximum Gasteiger partial charge on any atom is 0.161 e. The molecule has 98 valence electrons. The second kappa shape index (κ2) is 6.03. The van der Waals surface area contributed by atoms with Gasteiger partial charge in [-0.05, 0) is 6.07 Å². The highest BCUT2D eigenvalue weighted by Crippen LogP contribution is 2.17. The van der Waals surface area contributed by atoms with E-state index in [2.05, 4.69) is 20.0 Å². The normalized spacial score (nSPS) is 16.8. The van der Waals surface area contributed by atoms with Crippen molar-refractivity contribution in [1.82, 2.24) is 15.1 Å². The number of thiocarbonyl (C=S) groups is 1. The first-order chi connectivity index (χ1) is 8.72. The lowest BCUT2D eigenvalue weighted by molar-refractivity contribution is 0.188. The second-order valence-electron chi connectivity index (χ2n) is 4.19. The Balaban J connectivity index is 2.07. The fraction of sp³-hybridized carbons (Fsp3) is 0.545. The molecule has 0 aliphatic carbocycles. The van der Waals surface area contributed by atoms with E-state index in [4.69, 9.17) is 23.1 Å². The van der Waals surface area contributed by atoms with Gasteiger partial charge in [0.15, 0.2) is 5.82 Å². The SMILES string of the molecule is NC(=S)c1ccnnc1N1CCN(CCO)CC1. The van der Waals surface area contributed by atoms with E-state index in [0.717, 1.165) is 44.1 Å². The molecule has 7 heteroatoms. The van der Waals surface area contributed by atoms with Crippen LogP contribution in [0.2, 0.25) is 0 Å². The highest BCUT2D eigenvalue weighted by atomic mass is 32.1. The molecule has 0 spiro atoms. The van der Waals surface area contributed by atoms with Crippen molar-refractivity contribution in [3.05, 3.63) is 17.8 Å². The summed E-state index contributed by atoms with van der Waals surface area (Å²) in [6.45, 7) is 4.39. The van der Waals surface area contributed by atoms with E-state index in [-0.39, 0.29) is 6.61 Å². The fourth-order valence-electron chi connectivity index (χ4n) is 2.07. The Kier molecular flexibility index (Phi) is 4.40. The van der Waals surface area contributed by atoms with Crippen LogP contribution in [-0.4, -0.2) is 64.5 Å². The average molecular weight is 267 g/mol. The van der Waals surface area contributed by atoms with Crippen molar-refractivity contribution >= 4 is 23.0 Å². The van der Waals surface area contributed by atoms with Gasteiger partial charge in [0, 0.05) is 32.7 Å². The van der Waals surface area contributed by atoms with Gasteiger partial charge in [-0.1, -0.05) is 12.2 Å². The second-order valence-corrected chi connectivity index (χ2v) is 4.62. The Bertz CT molecular complexity index is 420. The predicted molar refractivity (Wildman–Crippen MR) is 73.7 cm³/mol. The Morgan fingerprint density at radius 2 is 2.11 bits per heavy atom. The fourth-order valence-corrected chi connectivity index (χ4v) is 2.23. The number of aliphatic hydroxyl groups is 1. The number of nitrogens with two attached hydrogens (primary N) is 1. The summed E-state index contributed by atoms with van der Waals surface area (Å²) >= 11 is 5.02. The van der Waals surface area contributed by atoms with Crippen LogP contribution < -0.4 is 10.6 Å². The Hall–Kier alpha value is -1.31. The molecule has 0 atom stereocenters. The van der Waals surface area contributed by atoms with E-state index in [1.807, 2.05) is 0 Å². The zero-order valence-corrected chi connectivity index (χ0v) is 10.9. The highest BCUT2D eigenvalue weighted by molar-refractivity contribution is 7.80. The Morgan fingerprint density at radius 1 is 1.39 bits per heavy atom. The van der Waals surface area contributed by atoms with Crippen LogP contribution in [0.3, 0.4) is 0 Å². The molecule has 1 aromatic rings. The smallest absolute Gasteiger partial charge is 0.161 e. The molecule has 3 N–H and O–H groups in total. The molecule has 0 bridgehead atoms. The van der Waals surface area contributed by atoms with Crippen molar-refractivity contribution in [2.75, 3.05) is 44.2 Å². The van der Waals surface area contributed by atoms with Crippen LogP contribution in [0, 0.1) is 0 Å². The van der Waals surface area contributed by atoms with E-state index in [0.29, 0.717) is 4.99 Å². The van der Waals surface area contributed by atoms with E-state index < -0.39 is 0 Å². The van der Waals surface area contributed by atoms with Crippen LogP contribution in [0.1, 0.15) is 5.56 Å². The largest absolute Gasteiger partial charge is 0.395 e. The average Bonchev–Trinajstić information content (AvgIpc) is 2.40. The third-order valence-electron chi connectivity index (χ3n) is 3.05. The number of hydrogen-bond acceptors (Lipinski definition) is 6. The summed E-state index contributed by atoms with van der Waals surface area (Å²) in [4.78, 5) is 4.69. The minimum Gasteiger partial charge on any atom is -0.395 e. The van der Waals surface area contributed by atoms with Gasteiger partial charge in [-0.15, -0.1) is 5.10 Å². The number of rotatable bonds is 4. The molecule has 0 amide bonds. The lowest BCUT2D eigenvalue weighted by atomic mass is 10.2. The van der Waals surface area contributed by atoms with Gasteiger partial charge in [-0.3, -0.25) is 4.90 Å². The molecule has 1 aliphatic heterocycles. The summed E-state index contributed by atoms with van der Waals surface area (Å²) in [5.74, 6) is 0.758. The standard InChI is InChI=1S/C11H17N5OS/c12-10(18)9-1-2-13-14-11(9)16-5-3-15(4-6-16)7-8-17/h1-2,17H,3-8H2,(H2,12,18). The van der Waals surface area contributed by atoms with Crippen molar-refractivity contribution in [3.8, 4) is 0 Å². The molecule has 6 nitrogen and oxygen atoms in total.